The molecule has 0 N–H and O–H groups in total. The van der Waals surface area contributed by atoms with Crippen LogP contribution in [0.25, 0.3) is 0 Å². The van der Waals surface area contributed by atoms with E-state index in [0.717, 1.165) is 6.42 Å². The molecular formula is C17H17F6N3O2. The number of aliphatic imine (C=N–C) groups is 2. The number of hydrogen-bond donors (Lipinski definition) is 0. The zero-order valence-electron chi connectivity index (χ0n) is 14.8. The minimum Gasteiger partial charge on any atom is -0.497 e. The van der Waals surface area contributed by atoms with Crippen molar-refractivity contribution in [3.63, 3.8) is 0 Å². The summed E-state index contributed by atoms with van der Waals surface area (Å²) in [5.74, 6) is -0.420. The molecule has 0 saturated carbocycles. The summed E-state index contributed by atoms with van der Waals surface area (Å²) >= 11 is 0. The van der Waals surface area contributed by atoms with E-state index >= 15 is 0 Å². The second-order valence-electron chi connectivity index (χ2n) is 6.36. The van der Waals surface area contributed by atoms with Crippen LogP contribution in [0.2, 0.25) is 0 Å². The van der Waals surface area contributed by atoms with E-state index in [4.69, 9.17) is 9.47 Å². The van der Waals surface area contributed by atoms with E-state index in [1.807, 2.05) is 0 Å². The summed E-state index contributed by atoms with van der Waals surface area (Å²) in [6, 6.07) is 4.59. The molecule has 1 fully saturated rings. The van der Waals surface area contributed by atoms with Crippen LogP contribution in [-0.2, 0) is 4.74 Å². The lowest BCUT2D eigenvalue weighted by atomic mass is 10.1. The Morgan fingerprint density at radius 3 is 2.00 bits per heavy atom. The largest absolute Gasteiger partial charge is 0.497 e. The highest BCUT2D eigenvalue weighted by Gasteiger charge is 2.74. The predicted molar refractivity (Wildman–Crippen MR) is 88.3 cm³/mol. The number of nitrogens with zero attached hydrogens (tertiary/aromatic N) is 3. The van der Waals surface area contributed by atoms with Crippen LogP contribution in [0, 0.1) is 0 Å². The highest BCUT2D eigenvalue weighted by molar-refractivity contribution is 6.03. The molecule has 5 nitrogen and oxygen atoms in total. The first kappa shape index (κ1) is 20.3. The summed E-state index contributed by atoms with van der Waals surface area (Å²) in [5.41, 5.74) is -4.68. The van der Waals surface area contributed by atoms with Gasteiger partial charge in [-0.3, -0.25) is 0 Å². The molecule has 0 amide bonds. The van der Waals surface area contributed by atoms with Crippen molar-refractivity contribution in [3.8, 4) is 5.75 Å². The van der Waals surface area contributed by atoms with Crippen LogP contribution in [0.3, 0.4) is 0 Å². The third-order valence-electron chi connectivity index (χ3n) is 4.46. The van der Waals surface area contributed by atoms with E-state index in [1.54, 1.807) is 0 Å². The highest BCUT2D eigenvalue weighted by atomic mass is 19.4. The number of ether oxygens (including phenoxy) is 2. The first-order valence-electron chi connectivity index (χ1n) is 8.48. The molecule has 154 valence electrons. The molecule has 1 aromatic carbocycles. The number of methoxy groups -OCH3 is 1. The smallest absolute Gasteiger partial charge is 0.443 e. The molecule has 0 radical (unpaired) electrons. The molecule has 0 unspecified atom stereocenters. The average Bonchev–Trinajstić information content (AvgIpc) is 2.66. The van der Waals surface area contributed by atoms with E-state index in [9.17, 15) is 26.3 Å². The van der Waals surface area contributed by atoms with E-state index < -0.39 is 29.9 Å². The number of hydrogen-bond acceptors (Lipinski definition) is 5. The number of halogens is 6. The Bertz CT molecular complexity index is 751. The molecule has 2 aliphatic rings. The predicted octanol–water partition coefficient (Wildman–Crippen LogP) is 4.13. The minimum atomic E-state index is -5.80. The standard InChI is InChI=1S/C17H17F6N3O2/c1-27-12-7-5-11(6-8-12)13-24-15(16(18,19)20,17(21,22)23)25-14(28-13)26-9-3-2-4-10-26/h5-8H,2-4,9-10H2,1H3. The molecule has 0 bridgehead atoms. The van der Waals surface area contributed by atoms with E-state index in [2.05, 4.69) is 9.98 Å². The minimum absolute atomic E-state index is 0.0527. The zero-order chi connectivity index (χ0) is 20.6. The number of likely N-dealkylation sites (tertiary alicyclic amines) is 1. The third-order valence-corrected chi connectivity index (χ3v) is 4.46. The van der Waals surface area contributed by atoms with Gasteiger partial charge in [0.1, 0.15) is 5.75 Å². The lowest BCUT2D eigenvalue weighted by Gasteiger charge is -2.37. The Morgan fingerprint density at radius 2 is 1.50 bits per heavy atom. The van der Waals surface area contributed by atoms with Gasteiger partial charge in [-0.15, -0.1) is 0 Å². The zero-order valence-corrected chi connectivity index (χ0v) is 14.8. The number of alkyl halides is 6. The van der Waals surface area contributed by atoms with Gasteiger partial charge in [-0.2, -0.15) is 31.3 Å². The van der Waals surface area contributed by atoms with Crippen LogP contribution < -0.4 is 4.74 Å². The number of amidine groups is 1. The third kappa shape index (κ3) is 3.61. The Kier molecular flexibility index (Phi) is 5.20. The molecule has 11 heteroatoms. The van der Waals surface area contributed by atoms with Crippen molar-refractivity contribution in [1.82, 2.24) is 4.90 Å². The Morgan fingerprint density at radius 1 is 0.929 bits per heavy atom. The highest BCUT2D eigenvalue weighted by Crippen LogP contribution is 2.49. The van der Waals surface area contributed by atoms with E-state index in [0.29, 0.717) is 18.6 Å². The fourth-order valence-electron chi connectivity index (χ4n) is 2.93. The number of benzene rings is 1. The van der Waals surface area contributed by atoms with E-state index in [-0.39, 0.29) is 18.7 Å². The van der Waals surface area contributed by atoms with Gasteiger partial charge in [0.2, 0.25) is 5.90 Å². The van der Waals surface area contributed by atoms with Crippen LogP contribution in [0.4, 0.5) is 26.3 Å². The van der Waals surface area contributed by atoms with Crippen molar-refractivity contribution >= 4 is 11.9 Å². The van der Waals surface area contributed by atoms with Crippen LogP contribution >= 0.6 is 0 Å². The summed E-state index contributed by atoms with van der Waals surface area (Å²) in [5, 5.41) is 0. The molecule has 2 heterocycles. The normalized spacial score (nSPS) is 20.2. The van der Waals surface area contributed by atoms with Crippen LogP contribution in [-0.4, -0.2) is 55.0 Å². The van der Waals surface area contributed by atoms with Gasteiger partial charge in [0.15, 0.2) is 0 Å². The van der Waals surface area contributed by atoms with Crippen molar-refractivity contribution in [2.75, 3.05) is 20.2 Å². The van der Waals surface area contributed by atoms with Crippen LogP contribution in [0.15, 0.2) is 34.3 Å². The van der Waals surface area contributed by atoms with Gasteiger partial charge in [0, 0.05) is 18.7 Å². The first-order chi connectivity index (χ1) is 13.1. The van der Waals surface area contributed by atoms with Gasteiger partial charge in [-0.25, -0.2) is 4.99 Å². The SMILES string of the molecule is COc1ccc(C2=NC(C(F)(F)F)(C(F)(F)F)N=C(N3CCCCC3)O2)cc1. The molecule has 0 spiro atoms. The quantitative estimate of drug-likeness (QED) is 0.690. The molecule has 1 saturated heterocycles. The van der Waals surface area contributed by atoms with Crippen LogP contribution in [0.5, 0.6) is 5.75 Å². The van der Waals surface area contributed by atoms with Crippen molar-refractivity contribution in [1.29, 1.82) is 0 Å². The van der Waals surface area contributed by atoms with Gasteiger partial charge in [0.25, 0.3) is 6.02 Å². The number of piperidine rings is 1. The van der Waals surface area contributed by atoms with Gasteiger partial charge < -0.3 is 14.4 Å². The first-order valence-corrected chi connectivity index (χ1v) is 8.48. The molecule has 3 rings (SSSR count). The summed E-state index contributed by atoms with van der Waals surface area (Å²) in [4.78, 5) is 7.15. The van der Waals surface area contributed by atoms with Crippen molar-refractivity contribution in [2.24, 2.45) is 9.98 Å². The summed E-state index contributed by atoms with van der Waals surface area (Å²) in [7, 11) is 1.38. The molecule has 0 atom stereocenters. The fraction of sp³-hybridized carbons (Fsp3) is 0.529. The Labute approximate surface area is 156 Å². The maximum absolute atomic E-state index is 13.6. The lowest BCUT2D eigenvalue weighted by molar-refractivity contribution is -0.293. The molecule has 0 aliphatic carbocycles. The Hall–Kier alpha value is -2.46. The van der Waals surface area contributed by atoms with Gasteiger partial charge >= 0.3 is 18.0 Å². The molecule has 1 aromatic rings. The van der Waals surface area contributed by atoms with E-state index in [1.165, 1.54) is 36.3 Å². The van der Waals surface area contributed by atoms with Gasteiger partial charge in [0.05, 0.1) is 7.11 Å². The lowest BCUT2D eigenvalue weighted by Crippen LogP contribution is -2.58. The summed E-state index contributed by atoms with van der Waals surface area (Å²) in [6.07, 6.45) is -9.54. The number of rotatable bonds is 2. The Balaban J connectivity index is 2.12. The topological polar surface area (TPSA) is 46.4 Å². The van der Waals surface area contributed by atoms with Crippen LogP contribution in [0.1, 0.15) is 24.8 Å². The van der Waals surface area contributed by atoms with Gasteiger partial charge in [-0.05, 0) is 43.5 Å². The second-order valence-corrected chi connectivity index (χ2v) is 6.36. The van der Waals surface area contributed by atoms with Crippen molar-refractivity contribution in [3.05, 3.63) is 29.8 Å². The van der Waals surface area contributed by atoms with Gasteiger partial charge in [-0.1, -0.05) is 0 Å². The molecule has 28 heavy (non-hydrogen) atoms. The summed E-state index contributed by atoms with van der Waals surface area (Å²) < 4.78 is 91.9. The molecule has 0 aromatic heterocycles. The van der Waals surface area contributed by atoms with Crippen molar-refractivity contribution in [2.45, 2.75) is 37.3 Å². The second kappa shape index (κ2) is 7.17. The maximum Gasteiger partial charge on any atom is 0.443 e. The fourth-order valence-corrected chi connectivity index (χ4v) is 2.93. The monoisotopic (exact) mass is 409 g/mol. The molecular weight excluding hydrogens is 392 g/mol. The molecule has 2 aliphatic heterocycles. The average molecular weight is 409 g/mol. The summed E-state index contributed by atoms with van der Waals surface area (Å²) in [6.45, 7) is 0.501. The maximum atomic E-state index is 13.6. The van der Waals surface area contributed by atoms with Crippen molar-refractivity contribution < 1.29 is 35.8 Å².